The van der Waals surface area contributed by atoms with Crippen LogP contribution in [-0.2, 0) is 10.0 Å². The number of halogens is 1. The van der Waals surface area contributed by atoms with E-state index in [0.29, 0.717) is 6.42 Å². The van der Waals surface area contributed by atoms with Crippen LogP contribution >= 0.6 is 0 Å². The van der Waals surface area contributed by atoms with Gasteiger partial charge >= 0.3 is 0 Å². The Hall–Kier alpha value is -2.21. The Morgan fingerprint density at radius 3 is 2.48 bits per heavy atom. The van der Waals surface area contributed by atoms with Gasteiger partial charge in [0.1, 0.15) is 5.82 Å². The summed E-state index contributed by atoms with van der Waals surface area (Å²) < 4.78 is 40.5. The molecule has 2 aromatic rings. The average molecular weight is 333 g/mol. The number of rotatable bonds is 2. The number of carbonyl (C=O) groups is 1. The van der Waals surface area contributed by atoms with Crippen LogP contribution in [0.4, 0.5) is 10.1 Å². The van der Waals surface area contributed by atoms with E-state index >= 15 is 0 Å². The van der Waals surface area contributed by atoms with Crippen LogP contribution in [0.25, 0.3) is 0 Å². The topological polar surface area (TPSA) is 54.5 Å². The third-order valence-electron chi connectivity index (χ3n) is 3.90. The first-order valence-corrected chi connectivity index (χ1v) is 8.76. The monoisotopic (exact) mass is 333 g/mol. The second-order valence-corrected chi connectivity index (χ2v) is 7.44. The molecule has 0 bridgehead atoms. The van der Waals surface area contributed by atoms with Crippen LogP contribution in [0.15, 0.2) is 47.4 Å². The maximum atomic E-state index is 13.5. The third kappa shape index (κ3) is 2.86. The van der Waals surface area contributed by atoms with Crippen molar-refractivity contribution in [2.24, 2.45) is 0 Å². The molecule has 2 aromatic carbocycles. The zero-order valence-electron chi connectivity index (χ0n) is 12.6. The van der Waals surface area contributed by atoms with Crippen molar-refractivity contribution < 1.29 is 17.6 Å². The molecule has 0 aromatic heterocycles. The fraction of sp³-hybridized carbons (Fsp3) is 0.235. The Balaban J connectivity index is 2.14. The first-order valence-electron chi connectivity index (χ1n) is 7.32. The molecule has 0 N–H and O–H groups in total. The molecule has 0 radical (unpaired) electrons. The number of nitrogens with zero attached hydrogens (tertiary/aromatic N) is 1. The van der Waals surface area contributed by atoms with E-state index in [4.69, 9.17) is 0 Å². The minimum absolute atomic E-state index is 0.123. The lowest BCUT2D eigenvalue weighted by Crippen LogP contribution is -2.32. The van der Waals surface area contributed by atoms with Crippen LogP contribution < -0.4 is 4.31 Å². The molecule has 1 aliphatic heterocycles. The molecule has 1 aliphatic rings. The Morgan fingerprint density at radius 2 is 1.78 bits per heavy atom. The molecular formula is C17H16FNO3S. The number of hydrogen-bond acceptors (Lipinski definition) is 3. The summed E-state index contributed by atoms with van der Waals surface area (Å²) in [5.41, 5.74) is 1.32. The van der Waals surface area contributed by atoms with Gasteiger partial charge < -0.3 is 0 Å². The Morgan fingerprint density at radius 1 is 1.09 bits per heavy atom. The van der Waals surface area contributed by atoms with Crippen molar-refractivity contribution >= 4 is 21.5 Å². The molecule has 120 valence electrons. The minimum Gasteiger partial charge on any atom is -0.294 e. The molecule has 23 heavy (non-hydrogen) atoms. The zero-order valence-corrected chi connectivity index (χ0v) is 13.4. The first kappa shape index (κ1) is 15.7. The normalized spacial score (nSPS) is 15.2. The van der Waals surface area contributed by atoms with E-state index in [-0.39, 0.29) is 34.9 Å². The fourth-order valence-electron chi connectivity index (χ4n) is 2.67. The summed E-state index contributed by atoms with van der Waals surface area (Å²) in [5, 5.41) is 0. The summed E-state index contributed by atoms with van der Waals surface area (Å²) >= 11 is 0. The van der Waals surface area contributed by atoms with Crippen molar-refractivity contribution in [3.63, 3.8) is 0 Å². The van der Waals surface area contributed by atoms with E-state index in [9.17, 15) is 17.6 Å². The summed E-state index contributed by atoms with van der Waals surface area (Å²) in [6.07, 6.45) is 0.608. The number of ketones is 1. The van der Waals surface area contributed by atoms with Crippen molar-refractivity contribution in [1.29, 1.82) is 0 Å². The van der Waals surface area contributed by atoms with Gasteiger partial charge in [0.2, 0.25) is 0 Å². The van der Waals surface area contributed by atoms with E-state index in [0.717, 1.165) is 11.6 Å². The molecule has 6 heteroatoms. The number of hydrogen-bond donors (Lipinski definition) is 0. The van der Waals surface area contributed by atoms with Gasteiger partial charge in [-0.1, -0.05) is 17.7 Å². The van der Waals surface area contributed by atoms with Crippen LogP contribution in [0.1, 0.15) is 28.8 Å². The minimum atomic E-state index is -3.79. The smallest absolute Gasteiger partial charge is 0.264 e. The quantitative estimate of drug-likeness (QED) is 0.847. The van der Waals surface area contributed by atoms with E-state index in [1.165, 1.54) is 16.4 Å². The number of sulfonamides is 1. The van der Waals surface area contributed by atoms with Crippen molar-refractivity contribution in [3.05, 3.63) is 59.4 Å². The fourth-order valence-corrected chi connectivity index (χ4v) is 4.20. The van der Waals surface area contributed by atoms with Gasteiger partial charge in [0, 0.05) is 18.5 Å². The summed E-state index contributed by atoms with van der Waals surface area (Å²) in [6, 6.07) is 10.2. The number of carbonyl (C=O) groups excluding carboxylic acids is 1. The average Bonchev–Trinajstić information content (AvgIpc) is 2.67. The Bertz CT molecular complexity index is 860. The van der Waals surface area contributed by atoms with Gasteiger partial charge in [-0.05, 0) is 43.7 Å². The van der Waals surface area contributed by atoms with Gasteiger partial charge in [-0.25, -0.2) is 12.8 Å². The third-order valence-corrected chi connectivity index (χ3v) is 5.73. The highest BCUT2D eigenvalue weighted by molar-refractivity contribution is 7.92. The SMILES string of the molecule is Cc1ccc(S(=O)(=O)N2CCCC(=O)c3cc(F)ccc32)cc1. The second-order valence-electron chi connectivity index (χ2n) is 5.58. The molecule has 0 aliphatic carbocycles. The highest BCUT2D eigenvalue weighted by atomic mass is 32.2. The highest BCUT2D eigenvalue weighted by Crippen LogP contribution is 2.31. The highest BCUT2D eigenvalue weighted by Gasteiger charge is 2.30. The molecule has 0 atom stereocenters. The van der Waals surface area contributed by atoms with Gasteiger partial charge in [-0.2, -0.15) is 0 Å². The molecule has 0 amide bonds. The van der Waals surface area contributed by atoms with Crippen molar-refractivity contribution in [2.75, 3.05) is 10.8 Å². The van der Waals surface area contributed by atoms with E-state index in [1.807, 2.05) is 6.92 Å². The molecular weight excluding hydrogens is 317 g/mol. The summed E-state index contributed by atoms with van der Waals surface area (Å²) in [4.78, 5) is 12.3. The largest absolute Gasteiger partial charge is 0.294 e. The Kier molecular flexibility index (Phi) is 3.93. The van der Waals surface area contributed by atoms with Crippen LogP contribution in [-0.4, -0.2) is 20.7 Å². The number of fused-ring (bicyclic) bond motifs is 1. The van der Waals surface area contributed by atoms with Gasteiger partial charge in [0.15, 0.2) is 5.78 Å². The maximum Gasteiger partial charge on any atom is 0.264 e. The molecule has 1 heterocycles. The van der Waals surface area contributed by atoms with Crippen LogP contribution in [0.3, 0.4) is 0 Å². The molecule has 3 rings (SSSR count). The molecule has 0 spiro atoms. The summed E-state index contributed by atoms with van der Waals surface area (Å²) in [5.74, 6) is -0.784. The summed E-state index contributed by atoms with van der Waals surface area (Å²) in [7, 11) is -3.79. The number of aryl methyl sites for hydroxylation is 1. The number of Topliss-reactive ketones (excluding diaryl/α,β-unsaturated/α-hetero) is 1. The van der Waals surface area contributed by atoms with Crippen molar-refractivity contribution in [1.82, 2.24) is 0 Å². The maximum absolute atomic E-state index is 13.5. The van der Waals surface area contributed by atoms with Gasteiger partial charge in [-0.3, -0.25) is 9.10 Å². The summed E-state index contributed by atoms with van der Waals surface area (Å²) in [6.45, 7) is 2.07. The standard InChI is InChI=1S/C17H16FNO3S/c1-12-4-7-14(8-5-12)23(21,22)19-10-2-3-17(20)15-11-13(18)6-9-16(15)19/h4-9,11H,2-3,10H2,1H3. The van der Waals surface area contributed by atoms with Crippen molar-refractivity contribution in [3.8, 4) is 0 Å². The van der Waals surface area contributed by atoms with E-state index in [2.05, 4.69) is 0 Å². The van der Waals surface area contributed by atoms with E-state index < -0.39 is 15.8 Å². The molecule has 4 nitrogen and oxygen atoms in total. The van der Waals surface area contributed by atoms with E-state index in [1.54, 1.807) is 24.3 Å². The molecule has 0 unspecified atom stereocenters. The van der Waals surface area contributed by atoms with Gasteiger partial charge in [-0.15, -0.1) is 0 Å². The van der Waals surface area contributed by atoms with Gasteiger partial charge in [0.05, 0.1) is 10.6 Å². The molecule has 0 fully saturated rings. The lowest BCUT2D eigenvalue weighted by atomic mass is 10.1. The van der Waals surface area contributed by atoms with Crippen molar-refractivity contribution in [2.45, 2.75) is 24.7 Å². The van der Waals surface area contributed by atoms with Crippen LogP contribution in [0.5, 0.6) is 0 Å². The lowest BCUT2D eigenvalue weighted by Gasteiger charge is -2.24. The number of anilines is 1. The number of benzene rings is 2. The van der Waals surface area contributed by atoms with Gasteiger partial charge in [0.25, 0.3) is 10.0 Å². The van der Waals surface area contributed by atoms with Crippen LogP contribution in [0.2, 0.25) is 0 Å². The lowest BCUT2D eigenvalue weighted by molar-refractivity contribution is 0.0983. The second kappa shape index (κ2) is 5.77. The first-order chi connectivity index (χ1) is 10.9. The molecule has 0 saturated heterocycles. The predicted octanol–water partition coefficient (Wildman–Crippen LogP) is 3.31. The Labute approximate surface area is 134 Å². The predicted molar refractivity (Wildman–Crippen MR) is 85.7 cm³/mol. The molecule has 0 saturated carbocycles. The van der Waals surface area contributed by atoms with Crippen LogP contribution in [0, 0.1) is 12.7 Å². The zero-order chi connectivity index (χ0) is 16.6.